The number of hydrogen-bond donors (Lipinski definition) is 2. The second kappa shape index (κ2) is 30.4. The molecule has 0 aromatic heterocycles. The minimum Gasteiger partial charge on any atom is -0.490 e. The van der Waals surface area contributed by atoms with Crippen molar-refractivity contribution in [3.05, 3.63) is 179 Å². The molecule has 8 rings (SSSR count). The van der Waals surface area contributed by atoms with Gasteiger partial charge >= 0.3 is 11.9 Å². The number of amides is 1. The molecule has 78 heavy (non-hydrogen) atoms. The highest BCUT2D eigenvalue weighted by molar-refractivity contribution is 6.67. The number of nitrogens with two attached hydrogens (primary N) is 1. The van der Waals surface area contributed by atoms with Crippen LogP contribution < -0.4 is 30.0 Å². The molecular formula is C65H77ClN4O8. The average Bonchev–Trinajstić information content (AvgIpc) is 3.39. The summed E-state index contributed by atoms with van der Waals surface area (Å²) in [6, 6.07) is 42.0. The molecule has 12 nitrogen and oxygen atoms in total. The zero-order chi connectivity index (χ0) is 55.4. The number of anilines is 2. The van der Waals surface area contributed by atoms with Gasteiger partial charge in [-0.1, -0.05) is 79.3 Å². The fraction of sp³-hybridized carbons (Fsp3) is 0.323. The van der Waals surface area contributed by atoms with Gasteiger partial charge in [-0.25, -0.2) is 0 Å². The predicted molar refractivity (Wildman–Crippen MR) is 317 cm³/mol. The second-order valence-electron chi connectivity index (χ2n) is 20.0. The smallest absolute Gasteiger partial charge is 0.308 e. The van der Waals surface area contributed by atoms with Crippen LogP contribution in [0.3, 0.4) is 0 Å². The summed E-state index contributed by atoms with van der Waals surface area (Å²) >= 11 is 5.43. The van der Waals surface area contributed by atoms with Crippen LogP contribution in [-0.2, 0) is 22.4 Å². The van der Waals surface area contributed by atoms with Gasteiger partial charge in [0.05, 0.1) is 0 Å². The number of nitrogens with zero attached hydrogens (tertiary/aromatic N) is 2. The lowest BCUT2D eigenvalue weighted by atomic mass is 10.0. The molecule has 3 N–H and O–H groups in total. The first-order chi connectivity index (χ1) is 36.9. The van der Waals surface area contributed by atoms with Crippen molar-refractivity contribution in [2.45, 2.75) is 99.7 Å². The van der Waals surface area contributed by atoms with Crippen LogP contribution >= 0.6 is 11.6 Å². The Morgan fingerprint density at radius 3 is 1.40 bits per heavy atom. The number of piperidine rings is 2. The molecule has 6 aromatic rings. The van der Waals surface area contributed by atoms with Crippen LogP contribution in [0.5, 0.6) is 23.0 Å². The Bertz CT molecular complexity index is 3040. The maximum atomic E-state index is 13.1. The Balaban J connectivity index is 0.000000236. The fourth-order valence-electron chi connectivity index (χ4n) is 8.66. The summed E-state index contributed by atoms with van der Waals surface area (Å²) in [7, 11) is 4.31. The first kappa shape index (κ1) is 61.3. The number of esters is 2. The molecule has 2 saturated heterocycles. The van der Waals surface area contributed by atoms with Crippen molar-refractivity contribution in [3.8, 4) is 45.3 Å². The van der Waals surface area contributed by atoms with Crippen LogP contribution in [0, 0.1) is 0 Å². The largest absolute Gasteiger partial charge is 0.490 e. The Hall–Kier alpha value is -7.51. The van der Waals surface area contributed by atoms with Gasteiger partial charge in [0.1, 0.15) is 35.2 Å². The van der Waals surface area contributed by atoms with Crippen molar-refractivity contribution >= 4 is 46.1 Å². The molecule has 2 heterocycles. The molecular weight excluding hydrogens is 1000 g/mol. The normalized spacial score (nSPS) is 13.6. The summed E-state index contributed by atoms with van der Waals surface area (Å²) in [5.41, 5.74) is 16.4. The second-order valence-corrected chi connectivity index (χ2v) is 20.4. The van der Waals surface area contributed by atoms with Crippen molar-refractivity contribution in [2.75, 3.05) is 51.3 Å². The van der Waals surface area contributed by atoms with Crippen LogP contribution in [0.2, 0.25) is 0 Å². The van der Waals surface area contributed by atoms with Crippen molar-refractivity contribution in [3.63, 3.8) is 0 Å². The lowest BCUT2D eigenvalue weighted by molar-refractivity contribution is -0.132. The molecule has 13 heteroatoms. The summed E-state index contributed by atoms with van der Waals surface area (Å²) in [5, 5.41) is 2.48. The van der Waals surface area contributed by atoms with E-state index in [1.165, 1.54) is 13.8 Å². The molecule has 2 aliphatic heterocycles. The molecule has 0 atom stereocenters. The van der Waals surface area contributed by atoms with E-state index >= 15 is 0 Å². The van der Waals surface area contributed by atoms with Gasteiger partial charge in [-0.05, 0) is 210 Å². The molecule has 0 unspecified atom stereocenters. The number of hydrogen-bond acceptors (Lipinski definition) is 11. The first-order valence-electron chi connectivity index (χ1n) is 26.1. The molecule has 2 fully saturated rings. The molecule has 0 saturated carbocycles. The predicted octanol–water partition coefficient (Wildman–Crippen LogP) is 14.1. The summed E-state index contributed by atoms with van der Waals surface area (Å²) in [6.45, 7) is 15.0. The number of benzene rings is 6. The highest BCUT2D eigenvalue weighted by Gasteiger charge is 2.20. The standard InChI is InChI=1S/C32H36N2O4.C18H22N2O.C14H15ClO3.CH4/c1-22(2)11-12-26-19-27(13-14-31(26)37-23(3)35)32(36)33-28-9-5-7-24(20-28)25-8-6-10-30(21-25)38-29-15-17-34(4)18-16-29;1-20-10-8-17(9-11-20)21-18-7-3-5-15(13-18)14-4-2-6-16(19)12-14;1-9(2)4-5-11-8-12(14(15)17)6-7-13(11)18-10(3)16;/h5-11,13-14,19-21,29H,12,15-18H2,1-4H3,(H,33,36);2-7,12-13,17H,8-11,19H2,1H3;4,6-8H,5H2,1-3H3;1H4. The maximum Gasteiger partial charge on any atom is 0.308 e. The monoisotopic (exact) mass is 1080 g/mol. The Labute approximate surface area is 467 Å². The summed E-state index contributed by atoms with van der Waals surface area (Å²) in [6.07, 6.45) is 10.0. The van der Waals surface area contributed by atoms with Gasteiger partial charge in [0, 0.05) is 62.5 Å². The SMILES string of the molecule is C.CC(=O)Oc1ccc(C(=O)Cl)cc1CC=C(C)C.CC(=O)Oc1ccc(C(=O)Nc2cccc(-c3cccc(OC4CCN(C)CC4)c3)c2)cc1CC=C(C)C.CN1CCC(Oc2cccc(-c3cccc(N)c3)c2)CC1. The maximum absolute atomic E-state index is 13.1. The first-order valence-corrected chi connectivity index (χ1v) is 26.5. The Kier molecular flexibility index (Phi) is 23.9. The number of halogens is 1. The van der Waals surface area contributed by atoms with Gasteiger partial charge in [-0.2, -0.15) is 0 Å². The van der Waals surface area contributed by atoms with E-state index in [2.05, 4.69) is 53.5 Å². The number of nitrogens with one attached hydrogen (secondary N) is 1. The van der Waals surface area contributed by atoms with E-state index < -0.39 is 17.2 Å². The van der Waals surface area contributed by atoms with Gasteiger partial charge in [0.2, 0.25) is 0 Å². The van der Waals surface area contributed by atoms with Crippen LogP contribution in [0.4, 0.5) is 11.4 Å². The van der Waals surface area contributed by atoms with E-state index in [0.29, 0.717) is 47.3 Å². The van der Waals surface area contributed by atoms with Gasteiger partial charge in [0.25, 0.3) is 11.1 Å². The number of allylic oxidation sites excluding steroid dienone is 4. The van der Waals surface area contributed by atoms with E-state index in [1.54, 1.807) is 36.4 Å². The van der Waals surface area contributed by atoms with Gasteiger partial charge in [-0.3, -0.25) is 19.2 Å². The average molecular weight is 1080 g/mol. The lowest BCUT2D eigenvalue weighted by Gasteiger charge is -2.29. The van der Waals surface area contributed by atoms with Gasteiger partial charge in [-0.15, -0.1) is 0 Å². The van der Waals surface area contributed by atoms with Crippen LogP contribution in [0.15, 0.2) is 157 Å². The van der Waals surface area contributed by atoms with E-state index in [0.717, 1.165) is 114 Å². The van der Waals surface area contributed by atoms with E-state index in [4.69, 9.17) is 36.3 Å². The van der Waals surface area contributed by atoms with Crippen molar-refractivity contribution in [1.29, 1.82) is 0 Å². The van der Waals surface area contributed by atoms with E-state index in [9.17, 15) is 19.2 Å². The third-order valence-corrected chi connectivity index (χ3v) is 13.1. The van der Waals surface area contributed by atoms with Gasteiger partial charge < -0.3 is 39.8 Å². The minimum absolute atomic E-state index is 0. The zero-order valence-corrected chi connectivity index (χ0v) is 46.5. The van der Waals surface area contributed by atoms with Crippen LogP contribution in [0.1, 0.15) is 106 Å². The molecule has 0 radical (unpaired) electrons. The van der Waals surface area contributed by atoms with Crippen molar-refractivity contribution in [1.82, 2.24) is 9.80 Å². The minimum atomic E-state index is -0.525. The van der Waals surface area contributed by atoms with Crippen molar-refractivity contribution in [2.24, 2.45) is 0 Å². The molecule has 0 spiro atoms. The molecule has 2 aliphatic rings. The van der Waals surface area contributed by atoms with Crippen LogP contribution in [0.25, 0.3) is 22.3 Å². The number of likely N-dealkylation sites (tertiary alicyclic amines) is 2. The Morgan fingerprint density at radius 1 is 0.551 bits per heavy atom. The molecule has 0 aliphatic carbocycles. The highest BCUT2D eigenvalue weighted by atomic mass is 35.5. The quantitative estimate of drug-likeness (QED) is 0.0333. The Morgan fingerprint density at radius 2 is 0.962 bits per heavy atom. The molecule has 412 valence electrons. The zero-order valence-electron chi connectivity index (χ0n) is 45.7. The molecule has 1 amide bonds. The molecule has 6 aromatic carbocycles. The third kappa shape index (κ3) is 20.1. The van der Waals surface area contributed by atoms with Gasteiger partial charge in [0.15, 0.2) is 0 Å². The fourth-order valence-corrected chi connectivity index (χ4v) is 8.78. The number of nitrogen functional groups attached to an aromatic ring is 1. The van der Waals surface area contributed by atoms with Crippen LogP contribution in [-0.4, -0.2) is 85.4 Å². The number of carbonyl (C=O) groups excluding carboxylic acids is 4. The number of carbonyl (C=O) groups is 4. The molecule has 0 bridgehead atoms. The number of ether oxygens (including phenoxy) is 4. The van der Waals surface area contributed by atoms with E-state index in [-0.39, 0.29) is 19.4 Å². The number of rotatable bonds is 15. The van der Waals surface area contributed by atoms with E-state index in [1.807, 2.05) is 113 Å². The third-order valence-electron chi connectivity index (χ3n) is 12.9. The highest BCUT2D eigenvalue weighted by Crippen LogP contribution is 2.31. The lowest BCUT2D eigenvalue weighted by Crippen LogP contribution is -2.35. The summed E-state index contributed by atoms with van der Waals surface area (Å²) in [4.78, 5) is 51.4. The van der Waals surface area contributed by atoms with Crippen molar-refractivity contribution < 1.29 is 38.1 Å². The summed E-state index contributed by atoms with van der Waals surface area (Å²) < 4.78 is 22.8. The topological polar surface area (TPSA) is 150 Å². The summed E-state index contributed by atoms with van der Waals surface area (Å²) in [5.74, 6) is 1.73.